The molecule has 0 saturated heterocycles. The molecule has 4 aromatic carbocycles. The minimum atomic E-state index is -0.466. The number of anilines is 4. The number of nitrogen functional groups attached to an aromatic ring is 3. The summed E-state index contributed by atoms with van der Waals surface area (Å²) in [7, 11) is 0. The van der Waals surface area contributed by atoms with E-state index in [0.717, 1.165) is 79.6 Å². The first kappa shape index (κ1) is 37.9. The molecule has 0 aromatic heterocycles. The Kier molecular flexibility index (Phi) is 10.4. The Bertz CT molecular complexity index is 2500. The number of carbonyl (C=O) groups excluding carboxylic acids is 1. The van der Waals surface area contributed by atoms with Crippen LogP contribution in [0, 0.1) is 18.4 Å². The molecule has 0 fully saturated rings. The molecule has 0 heterocycles. The minimum absolute atomic E-state index is 0.190. The molecule has 0 saturated carbocycles. The fourth-order valence-corrected chi connectivity index (χ4v) is 9.39. The number of nitrogens with zero attached hydrogens (tertiary/aromatic N) is 4. The Labute approximate surface area is 329 Å². The second-order valence-corrected chi connectivity index (χ2v) is 14.9. The van der Waals surface area contributed by atoms with Gasteiger partial charge in [-0.1, -0.05) is 70.2 Å². The summed E-state index contributed by atoms with van der Waals surface area (Å²) in [5.41, 5.74) is 35.4. The molecule has 56 heavy (non-hydrogen) atoms. The summed E-state index contributed by atoms with van der Waals surface area (Å²) in [4.78, 5) is 21.6. The van der Waals surface area contributed by atoms with E-state index in [4.69, 9.17) is 29.5 Å². The largest absolute Gasteiger partial charge is 0.775 e. The number of Topliss-reactive ketones (excluding diaryl/α,β-unsaturated/α-hetero) is 1. The zero-order valence-corrected chi connectivity index (χ0v) is 32.7. The molecule has 8 N–H and O–H groups in total. The maximum atomic E-state index is 15.5. The molecule has 2 unspecified atom stereocenters. The van der Waals surface area contributed by atoms with Crippen molar-refractivity contribution < 1.29 is 9.37 Å². The van der Waals surface area contributed by atoms with Crippen molar-refractivity contribution in [3.63, 3.8) is 0 Å². The highest BCUT2D eigenvalue weighted by molar-refractivity contribution is 6.48. The van der Waals surface area contributed by atoms with Crippen LogP contribution in [0.5, 0.6) is 0 Å². The number of hydrogen-bond donors (Lipinski definition) is 4. The maximum absolute atomic E-state index is 15.5. The van der Waals surface area contributed by atoms with Crippen LogP contribution in [0.1, 0.15) is 70.1 Å². The van der Waals surface area contributed by atoms with Crippen LogP contribution in [0.15, 0.2) is 95.4 Å². The predicted molar refractivity (Wildman–Crippen MR) is 234 cm³/mol. The van der Waals surface area contributed by atoms with Crippen LogP contribution in [0.25, 0.3) is 42.9 Å². The molecule has 0 bridgehead atoms. The first-order chi connectivity index (χ1) is 27.2. The molecule has 7 rings (SSSR count). The van der Waals surface area contributed by atoms with Gasteiger partial charge >= 0.3 is 0 Å². The highest BCUT2D eigenvalue weighted by Crippen LogP contribution is 2.57. The minimum Gasteiger partial charge on any atom is -0.775 e. The summed E-state index contributed by atoms with van der Waals surface area (Å²) >= 11 is 0. The molecule has 0 amide bonds. The summed E-state index contributed by atoms with van der Waals surface area (Å²) in [6.45, 7) is 20.3. The molecule has 3 aliphatic carbocycles. The monoisotopic (exact) mass is 742 g/mol. The van der Waals surface area contributed by atoms with Crippen molar-refractivity contribution in [1.29, 1.82) is 0 Å². The normalized spacial score (nSPS) is 18.6. The summed E-state index contributed by atoms with van der Waals surface area (Å²) in [5, 5.41) is 13.8. The van der Waals surface area contributed by atoms with Gasteiger partial charge in [0.15, 0.2) is 11.5 Å². The fourth-order valence-electron chi connectivity index (χ4n) is 9.39. The molecule has 0 aliphatic heterocycles. The Morgan fingerprint density at radius 2 is 1.41 bits per heavy atom. The third kappa shape index (κ3) is 5.80. The fraction of sp³-hybridized carbons (Fsp3) is 0.298. The average Bonchev–Trinajstić information content (AvgIpc) is 3.18. The van der Waals surface area contributed by atoms with Crippen molar-refractivity contribution in [2.75, 3.05) is 48.3 Å². The first-order valence-corrected chi connectivity index (χ1v) is 19.8. The van der Waals surface area contributed by atoms with Crippen LogP contribution in [-0.2, 0) is 4.79 Å². The van der Waals surface area contributed by atoms with E-state index in [0.29, 0.717) is 50.2 Å². The highest BCUT2D eigenvalue weighted by atomic mass is 16.1. The summed E-state index contributed by atoms with van der Waals surface area (Å²) < 4.78 is 2.42. The number of allylic oxidation sites excluding steroid dienone is 6. The van der Waals surface area contributed by atoms with E-state index in [9.17, 15) is 5.41 Å². The number of carbonyl (C=O) groups is 1. The van der Waals surface area contributed by atoms with Crippen LogP contribution in [0.2, 0.25) is 0 Å². The number of ketones is 1. The van der Waals surface area contributed by atoms with E-state index in [2.05, 4.69) is 60.0 Å². The van der Waals surface area contributed by atoms with Gasteiger partial charge in [-0.2, -0.15) is 0 Å². The number of nitrogens with two attached hydrogens (primary N) is 4. The van der Waals surface area contributed by atoms with E-state index < -0.39 is 5.92 Å². The third-order valence-corrected chi connectivity index (χ3v) is 11.4. The Morgan fingerprint density at radius 1 is 0.821 bits per heavy atom. The van der Waals surface area contributed by atoms with Crippen molar-refractivity contribution in [3.05, 3.63) is 129 Å². The topological polar surface area (TPSA) is 154 Å². The van der Waals surface area contributed by atoms with E-state index in [-0.39, 0.29) is 34.1 Å². The molecular formula is C47H50N8O. The molecule has 3 aliphatic rings. The van der Waals surface area contributed by atoms with Crippen molar-refractivity contribution >= 4 is 72.8 Å². The standard InChI is InChI=1S/C47H50N8O/c1-6-22-54(23-7-2)45-27-14-10-18-31(49)36(27)41(37-28(45)15-11-19-32(37)50)43-40(35(26-48)53-5)44(47(43)56)42-38-29(16-12-20-33(38)51)46(55(24-8-3)25-9-4)30-17-13-21-34(52)39(30)42/h10-21,27,36H,6-9,22-25,49-52H2,1-4H3. The molecule has 9 heteroatoms. The summed E-state index contributed by atoms with van der Waals surface area (Å²) in [6.07, 6.45) is 9.77. The van der Waals surface area contributed by atoms with Gasteiger partial charge in [-0.3, -0.25) is 10.7 Å². The van der Waals surface area contributed by atoms with Gasteiger partial charge in [0.05, 0.1) is 23.7 Å². The first-order valence-electron chi connectivity index (χ1n) is 19.8. The molecule has 4 aromatic rings. The van der Waals surface area contributed by atoms with Crippen LogP contribution >= 0.6 is 0 Å². The maximum Gasteiger partial charge on any atom is 0.214 e. The van der Waals surface area contributed by atoms with Crippen molar-refractivity contribution in [2.24, 2.45) is 17.6 Å². The molecule has 0 radical (unpaired) electrons. The van der Waals surface area contributed by atoms with Crippen molar-refractivity contribution in [1.82, 2.24) is 0 Å². The van der Waals surface area contributed by atoms with Gasteiger partial charge in [0.2, 0.25) is 5.70 Å². The lowest BCUT2D eigenvalue weighted by Crippen LogP contribution is -2.42. The molecule has 9 nitrogen and oxygen atoms in total. The predicted octanol–water partition coefficient (Wildman–Crippen LogP) is 8.48. The Hall–Kier alpha value is -6.36. The van der Waals surface area contributed by atoms with Gasteiger partial charge in [0.25, 0.3) is 0 Å². The SMILES string of the molecule is [C-]#[N+]C(=C=[N-])C1=C(c2c3c(N)cccc3c(N(CCC)CCC)c3cccc(N)c23)C(=O)/C1=C1/c2c(N)cccc2C(=[N+](CCC)CCC)C2C=CC=C(N)C12. The van der Waals surface area contributed by atoms with Gasteiger partial charge in [0.1, 0.15) is 13.1 Å². The quantitative estimate of drug-likeness (QED) is 0.0302. The number of rotatable bonds is 11. The van der Waals surface area contributed by atoms with E-state index in [1.165, 1.54) is 0 Å². The van der Waals surface area contributed by atoms with E-state index in [1.54, 1.807) is 0 Å². The number of benzene rings is 4. The zero-order chi connectivity index (χ0) is 39.8. The summed E-state index contributed by atoms with van der Waals surface area (Å²) in [5.74, 6) is 1.18. The van der Waals surface area contributed by atoms with Crippen LogP contribution < -0.4 is 27.8 Å². The molecular weight excluding hydrogens is 693 g/mol. The number of hydrogen-bond acceptors (Lipinski definition) is 6. The lowest BCUT2D eigenvalue weighted by Gasteiger charge is -2.40. The average molecular weight is 743 g/mol. The van der Waals surface area contributed by atoms with Crippen LogP contribution in [-0.4, -0.2) is 48.1 Å². The second-order valence-electron chi connectivity index (χ2n) is 14.9. The lowest BCUT2D eigenvalue weighted by molar-refractivity contribution is -0.529. The second kappa shape index (κ2) is 15.4. The van der Waals surface area contributed by atoms with Gasteiger partial charge in [-0.25, -0.2) is 9.42 Å². The molecule has 0 spiro atoms. The lowest BCUT2D eigenvalue weighted by atomic mass is 9.62. The molecule has 2 atom stereocenters. The van der Waals surface area contributed by atoms with Gasteiger partial charge < -0.3 is 33.2 Å². The molecule has 284 valence electrons. The smallest absolute Gasteiger partial charge is 0.214 e. The van der Waals surface area contributed by atoms with Gasteiger partial charge in [-0.05, 0) is 48.8 Å². The third-order valence-electron chi connectivity index (χ3n) is 11.4. The summed E-state index contributed by atoms with van der Waals surface area (Å²) in [6, 6.07) is 17.4. The Morgan fingerprint density at radius 3 is 1.96 bits per heavy atom. The highest BCUT2D eigenvalue weighted by Gasteiger charge is 2.49. The van der Waals surface area contributed by atoms with Gasteiger partial charge in [0, 0.05) is 104 Å². The zero-order valence-electron chi connectivity index (χ0n) is 32.7. The number of fused-ring (bicyclic) bond motifs is 4. The van der Waals surface area contributed by atoms with Gasteiger partial charge in [-0.15, -0.1) is 0 Å². The van der Waals surface area contributed by atoms with E-state index >= 15 is 4.79 Å². The van der Waals surface area contributed by atoms with Crippen molar-refractivity contribution in [3.8, 4) is 0 Å². The van der Waals surface area contributed by atoms with Crippen LogP contribution in [0.4, 0.5) is 22.7 Å². The Balaban J connectivity index is 1.68. The van der Waals surface area contributed by atoms with E-state index in [1.807, 2.05) is 60.7 Å². The van der Waals surface area contributed by atoms with Crippen molar-refractivity contribution in [2.45, 2.75) is 53.4 Å². The van der Waals surface area contributed by atoms with Crippen LogP contribution in [0.3, 0.4) is 0 Å².